The molecule has 6 nitrogen and oxygen atoms in total. The van der Waals surface area contributed by atoms with Crippen LogP contribution in [0.25, 0.3) is 55.5 Å². The molecule has 0 atom stereocenters. The average Bonchev–Trinajstić information content (AvgIpc) is 3.91. The Labute approximate surface area is 332 Å². The molecule has 3 aromatic heterocycles. The number of anilines is 1. The predicted octanol–water partition coefficient (Wildman–Crippen LogP) is 11.1. The Kier molecular flexibility index (Phi) is 7.08. The quantitative estimate of drug-likeness (QED) is 0.124. The number of ether oxygens (including phenoxy) is 1. The Morgan fingerprint density at radius 1 is 0.755 bits per heavy atom. The zero-order chi connectivity index (χ0) is 40.6. The van der Waals surface area contributed by atoms with Gasteiger partial charge < -0.3 is 23.7 Å². The van der Waals surface area contributed by atoms with Crippen LogP contribution in [0, 0.1) is 25.7 Å². The fourth-order valence-electron chi connectivity index (χ4n) is 6.96. The molecule has 7 heteroatoms. The van der Waals surface area contributed by atoms with Crippen LogP contribution in [-0.2, 0) is 25.8 Å². The molecular formula is C46H38N5OPd-3. The van der Waals surface area contributed by atoms with Gasteiger partial charge >= 0.3 is 0 Å². The summed E-state index contributed by atoms with van der Waals surface area (Å²) in [5.74, 6) is 1.25. The van der Waals surface area contributed by atoms with E-state index in [2.05, 4.69) is 61.7 Å². The molecule has 9 rings (SSSR count). The molecule has 0 saturated carbocycles. The van der Waals surface area contributed by atoms with Crippen molar-refractivity contribution in [1.82, 2.24) is 19.0 Å². The first-order valence-electron chi connectivity index (χ1n) is 20.1. The molecule has 53 heavy (non-hydrogen) atoms. The zero-order valence-corrected chi connectivity index (χ0v) is 30.8. The Hall–Kier alpha value is -5.61. The number of nitrogens with zero attached hydrogens (tertiary/aromatic N) is 5. The average molecular weight is 789 g/mol. The van der Waals surface area contributed by atoms with Crippen molar-refractivity contribution in [3.05, 3.63) is 164 Å². The molecule has 1 aliphatic rings. The van der Waals surface area contributed by atoms with Gasteiger partial charge in [-0.2, -0.15) is 12.7 Å². The molecule has 0 spiro atoms. The topological polar surface area (TPSA) is 38.5 Å². The van der Waals surface area contributed by atoms with Gasteiger partial charge in [0.2, 0.25) is 0 Å². The minimum absolute atomic E-state index is 0. The molecule has 0 saturated heterocycles. The second-order valence-electron chi connectivity index (χ2n) is 14.0. The molecule has 0 aliphatic carbocycles. The van der Waals surface area contributed by atoms with Crippen molar-refractivity contribution in [2.24, 2.45) is 0 Å². The third-order valence-corrected chi connectivity index (χ3v) is 9.50. The van der Waals surface area contributed by atoms with Gasteiger partial charge in [0, 0.05) is 68.5 Å². The van der Waals surface area contributed by atoms with Gasteiger partial charge in [-0.05, 0) is 67.0 Å². The van der Waals surface area contributed by atoms with Crippen molar-refractivity contribution in [1.29, 1.82) is 0 Å². The number of fused-ring (bicyclic) bond motifs is 5. The number of benzene rings is 5. The molecule has 0 radical (unpaired) electrons. The van der Waals surface area contributed by atoms with Crippen molar-refractivity contribution in [3.8, 4) is 34.1 Å². The summed E-state index contributed by atoms with van der Waals surface area (Å²) in [5, 5.41) is 1.82. The minimum Gasteiger partial charge on any atom is -0.510 e. The van der Waals surface area contributed by atoms with Crippen LogP contribution in [0.5, 0.6) is 11.5 Å². The van der Waals surface area contributed by atoms with Gasteiger partial charge in [-0.15, -0.1) is 41.6 Å². The normalized spacial score (nSPS) is 15.2. The van der Waals surface area contributed by atoms with Gasteiger partial charge in [-0.1, -0.05) is 98.4 Å². The summed E-state index contributed by atoms with van der Waals surface area (Å²) < 4.78 is 60.3. The number of para-hydroxylation sites is 2. The van der Waals surface area contributed by atoms with Crippen molar-refractivity contribution in [2.45, 2.75) is 33.0 Å². The summed E-state index contributed by atoms with van der Waals surface area (Å²) in [4.78, 5) is 7.85. The SMILES string of the molecule is [2H]C([2H])([2H])c1cc(-n2c3[c-]c(Oc4[c-]c(N5C=CN(C([2H])([2H])[2H])[CH-]5)cc(C(C)(C)C)c4)ccc3c3c2c2ccccc2n3-c2ccccc2)ncc1-c1ccccc1.[Pd]. The molecule has 0 unspecified atom stereocenters. The summed E-state index contributed by atoms with van der Waals surface area (Å²) in [7, 11) is 0. The van der Waals surface area contributed by atoms with Crippen LogP contribution in [-0.4, -0.2) is 26.0 Å². The van der Waals surface area contributed by atoms with E-state index in [1.54, 1.807) is 23.4 Å². The Balaban J connectivity index is 0.00000484. The smallest absolute Gasteiger partial charge is 0.135 e. The summed E-state index contributed by atoms with van der Waals surface area (Å²) in [6, 6.07) is 44.1. The molecule has 0 bridgehead atoms. The van der Waals surface area contributed by atoms with E-state index in [1.807, 2.05) is 89.5 Å². The van der Waals surface area contributed by atoms with Gasteiger partial charge in [0.15, 0.2) is 0 Å². The number of aryl methyl sites for hydroxylation is 1. The van der Waals surface area contributed by atoms with Crippen molar-refractivity contribution < 1.29 is 33.4 Å². The van der Waals surface area contributed by atoms with E-state index in [4.69, 9.17) is 17.9 Å². The zero-order valence-electron chi connectivity index (χ0n) is 35.2. The van der Waals surface area contributed by atoms with E-state index in [9.17, 15) is 0 Å². The van der Waals surface area contributed by atoms with Crippen LogP contribution in [0.2, 0.25) is 0 Å². The largest absolute Gasteiger partial charge is 0.510 e. The Morgan fingerprint density at radius 2 is 1.51 bits per heavy atom. The first-order chi connectivity index (χ1) is 27.6. The number of pyridine rings is 1. The van der Waals surface area contributed by atoms with Crippen LogP contribution in [0.15, 0.2) is 134 Å². The number of aromatic nitrogens is 3. The maximum absolute atomic E-state index is 8.62. The molecule has 0 fully saturated rings. The maximum Gasteiger partial charge on any atom is 0.135 e. The summed E-state index contributed by atoms with van der Waals surface area (Å²) in [6.07, 6.45) is 4.84. The van der Waals surface area contributed by atoms with Gasteiger partial charge in [0.25, 0.3) is 0 Å². The third kappa shape index (κ3) is 6.10. The monoisotopic (exact) mass is 788 g/mol. The van der Waals surface area contributed by atoms with Gasteiger partial charge in [0.05, 0.1) is 11.0 Å². The molecule has 4 heterocycles. The summed E-state index contributed by atoms with van der Waals surface area (Å²) >= 11 is 0. The fourth-order valence-corrected chi connectivity index (χ4v) is 6.96. The number of hydrogen-bond acceptors (Lipinski definition) is 4. The molecule has 1 aliphatic heterocycles. The first-order valence-corrected chi connectivity index (χ1v) is 17.1. The standard InChI is InChI=1S/C46H38N5O.Pd/c1-31-24-43(47-29-40(31)32-14-8-6-9-15-32)51-42-28-36(52-37-26-33(46(2,3)4)25-35(27-37)49-23-22-48(5)30-49)20-21-39(42)44-45(51)38-18-12-13-19-41(38)50(44)34-16-10-7-11-17-34;/h6-26,29-30H,1-5H3;/q-3;/i1D3,5D3;. The van der Waals surface area contributed by atoms with Crippen molar-refractivity contribution in [2.75, 3.05) is 11.9 Å². The van der Waals surface area contributed by atoms with Crippen LogP contribution in [0.4, 0.5) is 5.69 Å². The molecule has 266 valence electrons. The summed E-state index contributed by atoms with van der Waals surface area (Å²) in [5.41, 5.74) is 7.14. The van der Waals surface area contributed by atoms with Crippen LogP contribution >= 0.6 is 0 Å². The molecule has 0 N–H and O–H groups in total. The number of rotatable bonds is 6. The first kappa shape index (κ1) is 28.0. The fraction of sp³-hybridized carbons (Fsp3) is 0.130. The molecule has 5 aromatic carbocycles. The molecule has 8 aromatic rings. The third-order valence-electron chi connectivity index (χ3n) is 9.50. The van der Waals surface area contributed by atoms with Crippen molar-refractivity contribution in [3.63, 3.8) is 0 Å². The van der Waals surface area contributed by atoms with Crippen LogP contribution in [0.3, 0.4) is 0 Å². The van der Waals surface area contributed by atoms with E-state index in [1.165, 1.54) is 17.8 Å². The van der Waals surface area contributed by atoms with E-state index in [0.717, 1.165) is 44.1 Å². The minimum atomic E-state index is -2.44. The predicted molar refractivity (Wildman–Crippen MR) is 212 cm³/mol. The van der Waals surface area contributed by atoms with E-state index < -0.39 is 13.8 Å². The second-order valence-corrected chi connectivity index (χ2v) is 14.0. The van der Waals surface area contributed by atoms with Crippen LogP contribution in [0.1, 0.15) is 40.1 Å². The van der Waals surface area contributed by atoms with Crippen LogP contribution < -0.4 is 9.64 Å². The second kappa shape index (κ2) is 13.4. The Bertz CT molecular complexity index is 2880. The van der Waals surface area contributed by atoms with Gasteiger partial charge in [0.1, 0.15) is 5.82 Å². The van der Waals surface area contributed by atoms with Crippen molar-refractivity contribution >= 4 is 38.5 Å². The maximum atomic E-state index is 8.62. The van der Waals surface area contributed by atoms with E-state index in [0.29, 0.717) is 34.1 Å². The van der Waals surface area contributed by atoms with Gasteiger partial charge in [-0.3, -0.25) is 0 Å². The molecular weight excluding hydrogens is 745 g/mol. The van der Waals surface area contributed by atoms with E-state index >= 15 is 0 Å². The number of hydrogen-bond donors (Lipinski definition) is 0. The molecule has 0 amide bonds. The van der Waals surface area contributed by atoms with Gasteiger partial charge in [-0.25, -0.2) is 4.98 Å². The Morgan fingerprint density at radius 3 is 2.26 bits per heavy atom. The summed E-state index contributed by atoms with van der Waals surface area (Å²) in [6.45, 7) is 3.04. The van der Waals surface area contributed by atoms with E-state index in [-0.39, 0.29) is 31.4 Å².